The number of aromatic nitrogens is 1. The molecule has 0 saturated carbocycles. The molecule has 0 aromatic carbocycles. The van der Waals surface area contributed by atoms with Crippen LogP contribution in [0.25, 0.3) is 0 Å². The summed E-state index contributed by atoms with van der Waals surface area (Å²) in [5.74, 6) is 0. The molecule has 1 saturated heterocycles. The minimum Gasteiger partial charge on any atom is -0.295 e. The van der Waals surface area contributed by atoms with Gasteiger partial charge in [0.05, 0.1) is 5.69 Å². The Balaban J connectivity index is 2.07. The van der Waals surface area contributed by atoms with Gasteiger partial charge in [0.25, 0.3) is 0 Å². The molecule has 1 fully saturated rings. The summed E-state index contributed by atoms with van der Waals surface area (Å²) in [6.45, 7) is 4.48. The van der Waals surface area contributed by atoms with Crippen molar-refractivity contribution in [2.45, 2.75) is 32.4 Å². The fourth-order valence-corrected chi connectivity index (χ4v) is 2.34. The van der Waals surface area contributed by atoms with E-state index in [0.29, 0.717) is 6.04 Å². The summed E-state index contributed by atoms with van der Waals surface area (Å²) in [6, 6.07) is 4.73. The lowest BCUT2D eigenvalue weighted by atomic mass is 10.2. The molecule has 1 unspecified atom stereocenters. The number of hydrogen-bond donors (Lipinski definition) is 0. The van der Waals surface area contributed by atoms with E-state index in [1.54, 1.807) is 0 Å². The summed E-state index contributed by atoms with van der Waals surface area (Å²) in [6.07, 6.45) is 4.51. The lowest BCUT2D eigenvalue weighted by Crippen LogP contribution is -2.26. The van der Waals surface area contributed by atoms with E-state index in [0.717, 1.165) is 16.7 Å². The van der Waals surface area contributed by atoms with Crippen molar-refractivity contribution >= 4 is 15.9 Å². The Morgan fingerprint density at radius 2 is 2.50 bits per heavy atom. The molecule has 0 N–H and O–H groups in total. The van der Waals surface area contributed by atoms with Crippen LogP contribution < -0.4 is 0 Å². The molecule has 2 rings (SSSR count). The fourth-order valence-electron chi connectivity index (χ4n) is 1.95. The van der Waals surface area contributed by atoms with E-state index in [1.165, 1.54) is 19.4 Å². The normalized spacial score (nSPS) is 22.9. The highest BCUT2D eigenvalue weighted by molar-refractivity contribution is 9.10. The van der Waals surface area contributed by atoms with E-state index < -0.39 is 0 Å². The van der Waals surface area contributed by atoms with Crippen molar-refractivity contribution in [3.05, 3.63) is 28.5 Å². The molecule has 2 nitrogen and oxygen atoms in total. The van der Waals surface area contributed by atoms with Crippen molar-refractivity contribution in [1.29, 1.82) is 0 Å². The third kappa shape index (κ3) is 2.15. The highest BCUT2D eigenvalue weighted by atomic mass is 79.9. The Hall–Kier alpha value is -0.410. The number of halogens is 1. The van der Waals surface area contributed by atoms with Gasteiger partial charge >= 0.3 is 0 Å². The maximum Gasteiger partial charge on any atom is 0.0685 e. The molecule has 0 bridgehead atoms. The van der Waals surface area contributed by atoms with E-state index in [9.17, 15) is 0 Å². The van der Waals surface area contributed by atoms with Gasteiger partial charge in [0, 0.05) is 23.3 Å². The van der Waals surface area contributed by atoms with Crippen molar-refractivity contribution in [3.8, 4) is 0 Å². The van der Waals surface area contributed by atoms with Crippen molar-refractivity contribution in [1.82, 2.24) is 9.88 Å². The van der Waals surface area contributed by atoms with Gasteiger partial charge in [0.1, 0.15) is 0 Å². The van der Waals surface area contributed by atoms with Crippen molar-refractivity contribution in [3.63, 3.8) is 0 Å². The zero-order chi connectivity index (χ0) is 9.97. The van der Waals surface area contributed by atoms with Crippen LogP contribution in [0.15, 0.2) is 22.8 Å². The third-order valence-electron chi connectivity index (χ3n) is 2.88. The summed E-state index contributed by atoms with van der Waals surface area (Å²) in [7, 11) is 0. The van der Waals surface area contributed by atoms with E-state index in [2.05, 4.69) is 38.8 Å². The Labute approximate surface area is 93.5 Å². The van der Waals surface area contributed by atoms with Crippen LogP contribution in [-0.2, 0) is 6.54 Å². The van der Waals surface area contributed by atoms with Crippen molar-refractivity contribution < 1.29 is 0 Å². The summed E-state index contributed by atoms with van der Waals surface area (Å²) in [5, 5.41) is 0. The topological polar surface area (TPSA) is 16.1 Å². The molecule has 2 heterocycles. The van der Waals surface area contributed by atoms with Crippen LogP contribution in [0.5, 0.6) is 0 Å². The maximum atomic E-state index is 4.39. The van der Waals surface area contributed by atoms with Gasteiger partial charge in [0.15, 0.2) is 0 Å². The minimum absolute atomic E-state index is 0.712. The third-order valence-corrected chi connectivity index (χ3v) is 3.60. The van der Waals surface area contributed by atoms with Crippen LogP contribution in [0.1, 0.15) is 25.5 Å². The van der Waals surface area contributed by atoms with E-state index in [4.69, 9.17) is 0 Å². The molecule has 3 heteroatoms. The van der Waals surface area contributed by atoms with Gasteiger partial charge in [0.2, 0.25) is 0 Å². The molecule has 1 aliphatic heterocycles. The molecule has 0 aliphatic carbocycles. The second-order valence-corrected chi connectivity index (χ2v) is 4.75. The van der Waals surface area contributed by atoms with E-state index >= 15 is 0 Å². The van der Waals surface area contributed by atoms with Gasteiger partial charge in [-0.15, -0.1) is 0 Å². The second-order valence-electron chi connectivity index (χ2n) is 3.89. The predicted octanol–water partition coefficient (Wildman–Crippen LogP) is 2.83. The van der Waals surface area contributed by atoms with Crippen molar-refractivity contribution in [2.75, 3.05) is 6.54 Å². The quantitative estimate of drug-likeness (QED) is 0.807. The molecule has 14 heavy (non-hydrogen) atoms. The SMILES string of the molecule is CC1CCCN1Cc1ncccc1Br. The Morgan fingerprint density at radius 3 is 3.14 bits per heavy atom. The number of rotatable bonds is 2. The van der Waals surface area contributed by atoms with Crippen LogP contribution >= 0.6 is 15.9 Å². The molecule has 0 amide bonds. The average molecular weight is 255 g/mol. The highest BCUT2D eigenvalue weighted by Crippen LogP contribution is 2.21. The Morgan fingerprint density at radius 1 is 1.64 bits per heavy atom. The maximum absolute atomic E-state index is 4.39. The number of pyridine rings is 1. The first kappa shape index (κ1) is 10.1. The fraction of sp³-hybridized carbons (Fsp3) is 0.545. The number of likely N-dealkylation sites (tertiary alicyclic amines) is 1. The lowest BCUT2D eigenvalue weighted by Gasteiger charge is -2.20. The first-order valence-electron chi connectivity index (χ1n) is 5.11. The summed E-state index contributed by atoms with van der Waals surface area (Å²) in [5.41, 5.74) is 1.15. The molecule has 0 spiro atoms. The smallest absolute Gasteiger partial charge is 0.0685 e. The summed E-state index contributed by atoms with van der Waals surface area (Å²) >= 11 is 3.53. The molecule has 0 radical (unpaired) electrons. The predicted molar refractivity (Wildman–Crippen MR) is 61.0 cm³/mol. The van der Waals surface area contributed by atoms with Crippen LogP contribution in [0, 0.1) is 0 Å². The highest BCUT2D eigenvalue weighted by Gasteiger charge is 2.20. The molecule has 1 aromatic heterocycles. The Bertz CT molecular complexity index is 314. The molecule has 1 aromatic rings. The van der Waals surface area contributed by atoms with Crippen LogP contribution in [0.4, 0.5) is 0 Å². The number of nitrogens with zero attached hydrogens (tertiary/aromatic N) is 2. The van der Waals surface area contributed by atoms with Gasteiger partial charge in [-0.25, -0.2) is 0 Å². The molecule has 1 atom stereocenters. The number of hydrogen-bond acceptors (Lipinski definition) is 2. The van der Waals surface area contributed by atoms with Crippen molar-refractivity contribution in [2.24, 2.45) is 0 Å². The van der Waals surface area contributed by atoms with E-state index in [1.807, 2.05) is 12.3 Å². The standard InChI is InChI=1S/C11H15BrN2/c1-9-4-3-7-14(9)8-11-10(12)5-2-6-13-11/h2,5-6,9H,3-4,7-8H2,1H3. The first-order chi connectivity index (χ1) is 6.77. The van der Waals surface area contributed by atoms with Gasteiger partial charge in [-0.3, -0.25) is 9.88 Å². The van der Waals surface area contributed by atoms with Crippen LogP contribution in [-0.4, -0.2) is 22.5 Å². The zero-order valence-corrected chi connectivity index (χ0v) is 10.00. The summed E-state index contributed by atoms with van der Waals surface area (Å²) < 4.78 is 1.12. The zero-order valence-electron chi connectivity index (χ0n) is 8.41. The van der Waals surface area contributed by atoms with Gasteiger partial charge < -0.3 is 0 Å². The van der Waals surface area contributed by atoms with Gasteiger partial charge in [-0.05, 0) is 54.4 Å². The van der Waals surface area contributed by atoms with Crippen LogP contribution in [0.2, 0.25) is 0 Å². The van der Waals surface area contributed by atoms with Crippen LogP contribution in [0.3, 0.4) is 0 Å². The monoisotopic (exact) mass is 254 g/mol. The molecular weight excluding hydrogens is 240 g/mol. The first-order valence-corrected chi connectivity index (χ1v) is 5.90. The molecule has 76 valence electrons. The summed E-state index contributed by atoms with van der Waals surface area (Å²) in [4.78, 5) is 6.88. The minimum atomic E-state index is 0.712. The lowest BCUT2D eigenvalue weighted by molar-refractivity contribution is 0.257. The second kappa shape index (κ2) is 4.41. The Kier molecular flexibility index (Phi) is 3.19. The largest absolute Gasteiger partial charge is 0.295 e. The molecular formula is C11H15BrN2. The van der Waals surface area contributed by atoms with Gasteiger partial charge in [-0.2, -0.15) is 0 Å². The van der Waals surface area contributed by atoms with E-state index in [-0.39, 0.29) is 0 Å². The molecule has 1 aliphatic rings. The average Bonchev–Trinajstić information content (AvgIpc) is 2.56. The van der Waals surface area contributed by atoms with Gasteiger partial charge in [-0.1, -0.05) is 0 Å².